The van der Waals surface area contributed by atoms with Crippen LogP contribution in [-0.2, 0) is 27.8 Å². The molecule has 5 rings (SSSR count). The Balaban J connectivity index is 1.30. The van der Waals surface area contributed by atoms with Gasteiger partial charge >= 0.3 is 0 Å². The third-order valence-corrected chi connectivity index (χ3v) is 7.93. The zero-order chi connectivity index (χ0) is 23.0. The Kier molecular flexibility index (Phi) is 5.67. The molecule has 0 radical (unpaired) electrons. The predicted octanol–water partition coefficient (Wildman–Crippen LogP) is 2.24. The number of rotatable bonds is 5. The first-order valence-corrected chi connectivity index (χ1v) is 12.3. The standard InChI is InChI=1S/C22H23FN6O3S/c23-18-6-4-16(5-7-18)22-24-26-29(25-22)15-21(30)28-13-10-17-14-19(8-9-20(17)28)33(31,32)27-11-2-1-3-12-27/h4-9,14H,1-3,10-13,15H2. The van der Waals surface area contributed by atoms with E-state index in [4.69, 9.17) is 0 Å². The third kappa shape index (κ3) is 4.25. The maximum absolute atomic E-state index is 13.1. The molecule has 33 heavy (non-hydrogen) atoms. The lowest BCUT2D eigenvalue weighted by Crippen LogP contribution is -2.35. The maximum atomic E-state index is 13.1. The smallest absolute Gasteiger partial charge is 0.250 e. The molecule has 2 aliphatic rings. The van der Waals surface area contributed by atoms with Crippen molar-refractivity contribution < 1.29 is 17.6 Å². The van der Waals surface area contributed by atoms with Gasteiger partial charge in [0.25, 0.3) is 5.91 Å². The van der Waals surface area contributed by atoms with E-state index >= 15 is 0 Å². The van der Waals surface area contributed by atoms with Gasteiger partial charge in [-0.15, -0.1) is 10.2 Å². The topological polar surface area (TPSA) is 101 Å². The van der Waals surface area contributed by atoms with Crippen LogP contribution in [0.15, 0.2) is 47.4 Å². The molecule has 1 amide bonds. The van der Waals surface area contributed by atoms with Crippen LogP contribution in [0.2, 0.25) is 0 Å². The Labute approximate surface area is 190 Å². The highest BCUT2D eigenvalue weighted by Crippen LogP contribution is 2.32. The van der Waals surface area contributed by atoms with Crippen LogP contribution in [0.5, 0.6) is 0 Å². The van der Waals surface area contributed by atoms with Crippen molar-refractivity contribution in [2.24, 2.45) is 0 Å². The molecule has 9 nitrogen and oxygen atoms in total. The van der Waals surface area contributed by atoms with Crippen molar-refractivity contribution in [3.05, 3.63) is 53.8 Å². The van der Waals surface area contributed by atoms with Gasteiger partial charge < -0.3 is 4.90 Å². The van der Waals surface area contributed by atoms with Crippen LogP contribution in [-0.4, -0.2) is 58.5 Å². The molecule has 0 saturated carbocycles. The normalized spacial score (nSPS) is 16.7. The Bertz CT molecular complexity index is 1290. The van der Waals surface area contributed by atoms with Gasteiger partial charge in [-0.05, 0) is 72.5 Å². The monoisotopic (exact) mass is 470 g/mol. The van der Waals surface area contributed by atoms with Gasteiger partial charge in [0.2, 0.25) is 15.8 Å². The number of fused-ring (bicyclic) bond motifs is 1. The molecule has 2 aromatic carbocycles. The molecule has 0 N–H and O–H groups in total. The molecule has 0 unspecified atom stereocenters. The molecule has 11 heteroatoms. The van der Waals surface area contributed by atoms with Crippen molar-refractivity contribution in [2.75, 3.05) is 24.5 Å². The Morgan fingerprint density at radius 3 is 2.52 bits per heavy atom. The Hall–Kier alpha value is -3.18. The zero-order valence-corrected chi connectivity index (χ0v) is 18.7. The van der Waals surface area contributed by atoms with Crippen LogP contribution in [0.3, 0.4) is 0 Å². The molecule has 3 aromatic rings. The minimum Gasteiger partial charge on any atom is -0.310 e. The first kappa shape index (κ1) is 21.7. The van der Waals surface area contributed by atoms with Gasteiger partial charge in [-0.3, -0.25) is 4.79 Å². The number of piperidine rings is 1. The number of anilines is 1. The van der Waals surface area contributed by atoms with Crippen molar-refractivity contribution in [1.82, 2.24) is 24.5 Å². The Morgan fingerprint density at radius 2 is 1.76 bits per heavy atom. The second kappa shape index (κ2) is 8.64. The molecule has 172 valence electrons. The molecule has 0 atom stereocenters. The van der Waals surface area contributed by atoms with Gasteiger partial charge in [-0.25, -0.2) is 12.8 Å². The number of sulfonamides is 1. The molecular weight excluding hydrogens is 447 g/mol. The van der Waals surface area contributed by atoms with Crippen LogP contribution in [0.4, 0.5) is 10.1 Å². The van der Waals surface area contributed by atoms with Crippen molar-refractivity contribution in [1.29, 1.82) is 0 Å². The minimum absolute atomic E-state index is 0.110. The minimum atomic E-state index is -3.52. The quantitative estimate of drug-likeness (QED) is 0.567. The number of nitrogens with zero attached hydrogens (tertiary/aromatic N) is 6. The number of hydrogen-bond acceptors (Lipinski definition) is 6. The lowest BCUT2D eigenvalue weighted by atomic mass is 10.2. The van der Waals surface area contributed by atoms with Gasteiger partial charge in [-0.1, -0.05) is 6.42 Å². The van der Waals surface area contributed by atoms with E-state index in [0.717, 1.165) is 24.8 Å². The molecule has 3 heterocycles. The summed E-state index contributed by atoms with van der Waals surface area (Å²) in [6, 6.07) is 10.7. The fourth-order valence-electron chi connectivity index (χ4n) is 4.28. The number of amides is 1. The number of aromatic nitrogens is 4. The van der Waals surface area contributed by atoms with E-state index in [0.29, 0.717) is 43.1 Å². The summed E-state index contributed by atoms with van der Waals surface area (Å²) < 4.78 is 40.6. The number of carbonyl (C=O) groups excluding carboxylic acids is 1. The fraction of sp³-hybridized carbons (Fsp3) is 0.364. The summed E-state index contributed by atoms with van der Waals surface area (Å²) in [6.45, 7) is 1.45. The van der Waals surface area contributed by atoms with Gasteiger partial charge in [0.1, 0.15) is 12.4 Å². The molecule has 0 spiro atoms. The van der Waals surface area contributed by atoms with Crippen molar-refractivity contribution in [3.8, 4) is 11.4 Å². The molecular formula is C22H23FN6O3S. The molecule has 1 fully saturated rings. The summed E-state index contributed by atoms with van der Waals surface area (Å²) in [5.41, 5.74) is 2.14. The third-order valence-electron chi connectivity index (χ3n) is 6.03. The van der Waals surface area contributed by atoms with Gasteiger partial charge in [-0.2, -0.15) is 9.10 Å². The van der Waals surface area contributed by atoms with E-state index in [1.54, 1.807) is 39.5 Å². The first-order chi connectivity index (χ1) is 15.9. The molecule has 0 aliphatic carbocycles. The number of carbonyl (C=O) groups is 1. The number of hydrogen-bond donors (Lipinski definition) is 0. The highest BCUT2D eigenvalue weighted by Gasteiger charge is 2.30. The largest absolute Gasteiger partial charge is 0.310 e. The van der Waals surface area contributed by atoms with Crippen LogP contribution in [0.1, 0.15) is 24.8 Å². The van der Waals surface area contributed by atoms with Crippen molar-refractivity contribution >= 4 is 21.6 Å². The zero-order valence-electron chi connectivity index (χ0n) is 17.9. The summed E-state index contributed by atoms with van der Waals surface area (Å²) in [5, 5.41) is 12.1. The van der Waals surface area contributed by atoms with E-state index in [9.17, 15) is 17.6 Å². The van der Waals surface area contributed by atoms with Crippen LogP contribution in [0.25, 0.3) is 11.4 Å². The second-order valence-corrected chi connectivity index (χ2v) is 10.1. The summed E-state index contributed by atoms with van der Waals surface area (Å²) in [6.07, 6.45) is 3.40. The van der Waals surface area contributed by atoms with E-state index in [2.05, 4.69) is 15.4 Å². The highest BCUT2D eigenvalue weighted by atomic mass is 32.2. The lowest BCUT2D eigenvalue weighted by molar-refractivity contribution is -0.119. The van der Waals surface area contributed by atoms with E-state index in [1.807, 2.05) is 0 Å². The Morgan fingerprint density at radius 1 is 1.00 bits per heavy atom. The fourth-order valence-corrected chi connectivity index (χ4v) is 5.85. The second-order valence-electron chi connectivity index (χ2n) is 8.20. The van der Waals surface area contributed by atoms with E-state index < -0.39 is 10.0 Å². The van der Waals surface area contributed by atoms with Crippen LogP contribution < -0.4 is 4.90 Å². The molecule has 0 bridgehead atoms. The van der Waals surface area contributed by atoms with Crippen molar-refractivity contribution in [3.63, 3.8) is 0 Å². The molecule has 1 saturated heterocycles. The summed E-state index contributed by atoms with van der Waals surface area (Å²) in [5.74, 6) is -0.276. The van der Waals surface area contributed by atoms with Crippen LogP contribution >= 0.6 is 0 Å². The maximum Gasteiger partial charge on any atom is 0.250 e. The summed E-state index contributed by atoms with van der Waals surface area (Å²) in [7, 11) is -3.52. The van der Waals surface area contributed by atoms with E-state index in [1.165, 1.54) is 16.9 Å². The average molecular weight is 471 g/mol. The van der Waals surface area contributed by atoms with Gasteiger partial charge in [0.05, 0.1) is 4.90 Å². The number of halogens is 1. The van der Waals surface area contributed by atoms with Crippen molar-refractivity contribution in [2.45, 2.75) is 37.1 Å². The molecule has 1 aromatic heterocycles. The SMILES string of the molecule is O=C(Cn1nnc(-c2ccc(F)cc2)n1)N1CCc2cc(S(=O)(=O)N3CCCCC3)ccc21. The van der Waals surface area contributed by atoms with E-state index in [-0.39, 0.29) is 23.2 Å². The summed E-state index contributed by atoms with van der Waals surface area (Å²) >= 11 is 0. The average Bonchev–Trinajstić information content (AvgIpc) is 3.47. The predicted molar refractivity (Wildman–Crippen MR) is 118 cm³/mol. The lowest BCUT2D eigenvalue weighted by Gasteiger charge is -2.26. The van der Waals surface area contributed by atoms with Gasteiger partial charge in [0.15, 0.2) is 0 Å². The molecule has 2 aliphatic heterocycles. The van der Waals surface area contributed by atoms with Gasteiger partial charge in [0, 0.05) is 30.9 Å². The first-order valence-electron chi connectivity index (χ1n) is 10.9. The number of benzene rings is 2. The number of tetrazole rings is 1. The van der Waals surface area contributed by atoms with Crippen LogP contribution in [0, 0.1) is 5.82 Å². The summed E-state index contributed by atoms with van der Waals surface area (Å²) in [4.78, 5) is 16.0. The highest BCUT2D eigenvalue weighted by molar-refractivity contribution is 7.89.